The molecule has 1 aromatic carbocycles. The number of aliphatic hydroxyl groups excluding tert-OH is 1. The topological polar surface area (TPSA) is 211 Å². The first-order valence-corrected chi connectivity index (χ1v) is 11.4. The number of hydrogen-bond donors (Lipinski definition) is 7. The van der Waals surface area contributed by atoms with E-state index in [1.165, 1.54) is 29.6 Å². The van der Waals surface area contributed by atoms with Crippen molar-refractivity contribution < 1.29 is 34.5 Å². The van der Waals surface area contributed by atoms with Crippen molar-refractivity contribution in [3.05, 3.63) is 48.0 Å². The van der Waals surface area contributed by atoms with E-state index in [0.717, 1.165) is 0 Å². The number of amides is 3. The van der Waals surface area contributed by atoms with Crippen molar-refractivity contribution in [2.24, 2.45) is 5.73 Å². The molecular formula is C23H30N6O7. The number of benzene rings is 1. The van der Waals surface area contributed by atoms with Crippen molar-refractivity contribution in [2.45, 2.75) is 49.9 Å². The van der Waals surface area contributed by atoms with E-state index in [2.05, 4.69) is 20.6 Å². The molecule has 8 N–H and O–H groups in total. The van der Waals surface area contributed by atoms with Gasteiger partial charge in [0.2, 0.25) is 17.7 Å². The van der Waals surface area contributed by atoms with Crippen LogP contribution in [-0.2, 0) is 32.0 Å². The fourth-order valence-electron chi connectivity index (χ4n) is 4.01. The lowest BCUT2D eigenvalue weighted by Gasteiger charge is -2.29. The number of aromatic amines is 1. The van der Waals surface area contributed by atoms with Crippen LogP contribution in [-0.4, -0.2) is 91.2 Å². The second-order valence-electron chi connectivity index (χ2n) is 8.59. The Morgan fingerprint density at radius 3 is 2.42 bits per heavy atom. The fraction of sp³-hybridized carbons (Fsp3) is 0.435. The molecule has 13 heteroatoms. The highest BCUT2D eigenvalue weighted by molar-refractivity contribution is 5.94. The molecule has 1 saturated heterocycles. The van der Waals surface area contributed by atoms with E-state index in [1.54, 1.807) is 12.1 Å². The van der Waals surface area contributed by atoms with Crippen LogP contribution in [0.4, 0.5) is 0 Å². The molecule has 0 spiro atoms. The number of aromatic nitrogens is 2. The van der Waals surface area contributed by atoms with Crippen LogP contribution in [0.3, 0.4) is 0 Å². The molecule has 1 fully saturated rings. The molecule has 0 bridgehead atoms. The lowest BCUT2D eigenvalue weighted by atomic mass is 10.0. The number of hydrogen-bond acceptors (Lipinski definition) is 8. The number of nitrogens with one attached hydrogen (secondary N) is 3. The van der Waals surface area contributed by atoms with Gasteiger partial charge in [0.15, 0.2) is 0 Å². The average molecular weight is 503 g/mol. The van der Waals surface area contributed by atoms with Crippen LogP contribution in [0.25, 0.3) is 0 Å². The van der Waals surface area contributed by atoms with Gasteiger partial charge in [0.1, 0.15) is 29.9 Å². The zero-order chi connectivity index (χ0) is 26.2. The van der Waals surface area contributed by atoms with Crippen molar-refractivity contribution in [1.82, 2.24) is 25.5 Å². The summed E-state index contributed by atoms with van der Waals surface area (Å²) in [6.07, 6.45) is 3.75. The lowest BCUT2D eigenvalue weighted by molar-refractivity contribution is -0.149. The van der Waals surface area contributed by atoms with Gasteiger partial charge >= 0.3 is 5.97 Å². The monoisotopic (exact) mass is 502 g/mol. The van der Waals surface area contributed by atoms with Crippen LogP contribution in [0, 0.1) is 0 Å². The highest BCUT2D eigenvalue weighted by atomic mass is 16.4. The summed E-state index contributed by atoms with van der Waals surface area (Å²) < 4.78 is 0. The second-order valence-corrected chi connectivity index (χ2v) is 8.59. The van der Waals surface area contributed by atoms with Gasteiger partial charge in [-0.2, -0.15) is 0 Å². The van der Waals surface area contributed by atoms with Gasteiger partial charge in [-0.3, -0.25) is 14.4 Å². The van der Waals surface area contributed by atoms with E-state index < -0.39 is 54.5 Å². The van der Waals surface area contributed by atoms with Crippen molar-refractivity contribution in [1.29, 1.82) is 0 Å². The van der Waals surface area contributed by atoms with E-state index in [0.29, 0.717) is 24.1 Å². The third-order valence-electron chi connectivity index (χ3n) is 5.96. The number of rotatable bonds is 11. The zero-order valence-electron chi connectivity index (χ0n) is 19.5. The number of nitrogens with two attached hydrogens (primary N) is 1. The molecule has 36 heavy (non-hydrogen) atoms. The number of H-pyrrole nitrogens is 1. The van der Waals surface area contributed by atoms with Crippen molar-refractivity contribution >= 4 is 23.7 Å². The van der Waals surface area contributed by atoms with E-state index in [-0.39, 0.29) is 25.1 Å². The molecule has 0 radical (unpaired) electrons. The van der Waals surface area contributed by atoms with Crippen LogP contribution < -0.4 is 16.4 Å². The Morgan fingerprint density at radius 1 is 1.11 bits per heavy atom. The molecule has 1 aliphatic heterocycles. The summed E-state index contributed by atoms with van der Waals surface area (Å²) >= 11 is 0. The van der Waals surface area contributed by atoms with Gasteiger partial charge in [-0.25, -0.2) is 9.78 Å². The number of aliphatic carboxylic acids is 1. The number of nitrogens with zero attached hydrogens (tertiary/aromatic N) is 2. The Kier molecular flexibility index (Phi) is 8.97. The molecule has 2 heterocycles. The number of carbonyl (C=O) groups is 4. The maximum absolute atomic E-state index is 13.4. The predicted molar refractivity (Wildman–Crippen MR) is 125 cm³/mol. The van der Waals surface area contributed by atoms with Crippen LogP contribution in [0.2, 0.25) is 0 Å². The number of likely N-dealkylation sites (tertiary alicyclic amines) is 1. The Labute approximate surface area is 206 Å². The first-order chi connectivity index (χ1) is 17.2. The zero-order valence-corrected chi connectivity index (χ0v) is 19.5. The molecule has 4 atom stereocenters. The van der Waals surface area contributed by atoms with Gasteiger partial charge in [0.05, 0.1) is 12.9 Å². The Bertz CT molecular complexity index is 1060. The molecule has 0 aliphatic carbocycles. The molecule has 13 nitrogen and oxygen atoms in total. The third kappa shape index (κ3) is 6.79. The van der Waals surface area contributed by atoms with Crippen molar-refractivity contribution in [3.8, 4) is 5.75 Å². The number of carboxylic acid groups (broad SMARTS) is 1. The fourth-order valence-corrected chi connectivity index (χ4v) is 4.01. The van der Waals surface area contributed by atoms with Gasteiger partial charge in [-0.15, -0.1) is 0 Å². The first kappa shape index (κ1) is 26.6. The van der Waals surface area contributed by atoms with Gasteiger partial charge in [0, 0.05) is 31.3 Å². The smallest absolute Gasteiger partial charge is 0.326 e. The molecule has 3 rings (SSSR count). The number of imidazole rings is 1. The second kappa shape index (κ2) is 12.1. The number of carboxylic acids is 1. The number of aromatic hydroxyl groups is 1. The van der Waals surface area contributed by atoms with Crippen LogP contribution >= 0.6 is 0 Å². The molecule has 0 saturated carbocycles. The summed E-state index contributed by atoms with van der Waals surface area (Å²) in [5.41, 5.74) is 6.74. The maximum Gasteiger partial charge on any atom is 0.326 e. The quantitative estimate of drug-likeness (QED) is 0.186. The third-order valence-corrected chi connectivity index (χ3v) is 5.96. The molecule has 2 aromatic rings. The normalized spacial score (nSPS) is 17.7. The number of phenols is 1. The minimum Gasteiger partial charge on any atom is -0.508 e. The Morgan fingerprint density at radius 2 is 1.81 bits per heavy atom. The summed E-state index contributed by atoms with van der Waals surface area (Å²) in [5, 5.41) is 33.4. The molecular weight excluding hydrogens is 472 g/mol. The molecule has 1 aliphatic rings. The summed E-state index contributed by atoms with van der Waals surface area (Å²) in [6.45, 7) is -0.393. The van der Waals surface area contributed by atoms with Crippen LogP contribution in [0.5, 0.6) is 5.75 Å². The molecule has 3 amide bonds. The minimum absolute atomic E-state index is 0.00242. The number of phenolic OH excluding ortho intramolecular Hbond substituents is 1. The average Bonchev–Trinajstić information content (AvgIpc) is 3.55. The highest BCUT2D eigenvalue weighted by Gasteiger charge is 2.38. The van der Waals surface area contributed by atoms with E-state index in [4.69, 9.17) is 5.73 Å². The molecule has 194 valence electrons. The first-order valence-electron chi connectivity index (χ1n) is 11.4. The molecule has 4 unspecified atom stereocenters. The largest absolute Gasteiger partial charge is 0.508 e. The maximum atomic E-state index is 13.4. The highest BCUT2D eigenvalue weighted by Crippen LogP contribution is 2.20. The summed E-state index contributed by atoms with van der Waals surface area (Å²) in [5.74, 6) is -3.13. The van der Waals surface area contributed by atoms with Crippen LogP contribution in [0.1, 0.15) is 24.1 Å². The predicted octanol–water partition coefficient (Wildman–Crippen LogP) is -1.73. The number of carbonyl (C=O) groups excluding carboxylic acids is 3. The van der Waals surface area contributed by atoms with Gasteiger partial charge in [0.25, 0.3) is 0 Å². The van der Waals surface area contributed by atoms with Gasteiger partial charge in [-0.05, 0) is 30.5 Å². The van der Waals surface area contributed by atoms with Crippen LogP contribution in [0.15, 0.2) is 36.8 Å². The summed E-state index contributed by atoms with van der Waals surface area (Å²) in [6, 6.07) is 1.43. The van der Waals surface area contributed by atoms with Crippen molar-refractivity contribution in [3.63, 3.8) is 0 Å². The Balaban J connectivity index is 1.83. The van der Waals surface area contributed by atoms with E-state index in [9.17, 15) is 34.5 Å². The van der Waals surface area contributed by atoms with E-state index >= 15 is 0 Å². The minimum atomic E-state index is -1.26. The number of aliphatic hydroxyl groups is 1. The lowest BCUT2D eigenvalue weighted by Crippen LogP contribution is -2.58. The van der Waals surface area contributed by atoms with E-state index in [1.807, 2.05) is 0 Å². The SMILES string of the molecule is NC(CO)C(=O)NC(Cc1ccc(O)cc1)C(=O)NC(Cc1cnc[nH]1)C(=O)N1CCCC1C(=O)O. The molecule has 1 aromatic heterocycles. The standard InChI is InChI=1S/C23H30N6O7/c24-16(11-30)20(32)27-17(8-13-3-5-15(31)6-4-13)21(33)28-18(9-14-10-25-12-26-14)22(34)29-7-1-2-19(29)23(35)36/h3-6,10,12,16-19,30-31H,1-2,7-9,11,24H2,(H,25,26)(H,27,32)(H,28,33)(H,35,36). The van der Waals surface area contributed by atoms with Crippen molar-refractivity contribution in [2.75, 3.05) is 13.2 Å². The Hall–Kier alpha value is -3.97. The van der Waals surface area contributed by atoms with Gasteiger partial charge < -0.3 is 41.6 Å². The van der Waals surface area contributed by atoms with Gasteiger partial charge in [-0.1, -0.05) is 12.1 Å². The summed E-state index contributed by atoms with van der Waals surface area (Å²) in [7, 11) is 0. The summed E-state index contributed by atoms with van der Waals surface area (Å²) in [4.78, 5) is 58.7.